The molecule has 1 fully saturated rings. The topological polar surface area (TPSA) is 38.8 Å². The molecule has 1 aliphatic heterocycles. The number of amides is 1. The van der Waals surface area contributed by atoms with Crippen molar-refractivity contribution in [2.45, 2.75) is 5.92 Å². The number of ether oxygens (including phenoxy) is 2. The summed E-state index contributed by atoms with van der Waals surface area (Å²) in [5.74, 6) is 1.67. The summed E-state index contributed by atoms with van der Waals surface area (Å²) in [5, 5.41) is 0. The molecule has 108 valence electrons. The van der Waals surface area contributed by atoms with Crippen molar-refractivity contribution in [3.8, 4) is 11.5 Å². The number of rotatable bonds is 4. The number of carbonyl (C=O) groups is 1. The molecular weight excluding hydrogens is 266 g/mol. The number of β-lactam (4-membered cyclic amide) rings is 1. The highest BCUT2D eigenvalue weighted by Crippen LogP contribution is 2.34. The van der Waals surface area contributed by atoms with Crippen molar-refractivity contribution in [1.82, 2.24) is 0 Å². The molecule has 0 spiro atoms. The van der Waals surface area contributed by atoms with Crippen molar-refractivity contribution in [2.75, 3.05) is 25.7 Å². The van der Waals surface area contributed by atoms with Crippen molar-refractivity contribution >= 4 is 11.6 Å². The number of carbonyl (C=O) groups excluding carboxylic acids is 1. The molecule has 2 aromatic carbocycles. The second-order valence-electron chi connectivity index (χ2n) is 4.97. The fraction of sp³-hybridized carbons (Fsp3) is 0.235. The van der Waals surface area contributed by atoms with Crippen LogP contribution in [-0.2, 0) is 4.79 Å². The Kier molecular flexibility index (Phi) is 3.52. The van der Waals surface area contributed by atoms with Crippen LogP contribution in [0.3, 0.4) is 0 Å². The Balaban J connectivity index is 1.71. The SMILES string of the molecule is COc1ccc([C@H]2CN(c3ccc(OC)cc3)C2=O)cc1. The summed E-state index contributed by atoms with van der Waals surface area (Å²) in [6, 6.07) is 15.2. The van der Waals surface area contributed by atoms with Gasteiger partial charge in [0.1, 0.15) is 11.5 Å². The van der Waals surface area contributed by atoms with E-state index in [9.17, 15) is 4.79 Å². The lowest BCUT2D eigenvalue weighted by Crippen LogP contribution is -2.50. The van der Waals surface area contributed by atoms with E-state index in [4.69, 9.17) is 9.47 Å². The Morgan fingerprint density at radius 1 is 0.905 bits per heavy atom. The molecule has 2 aromatic rings. The lowest BCUT2D eigenvalue weighted by atomic mass is 9.90. The fourth-order valence-corrected chi connectivity index (χ4v) is 2.51. The average molecular weight is 283 g/mol. The van der Waals surface area contributed by atoms with Gasteiger partial charge in [0.25, 0.3) is 0 Å². The highest BCUT2D eigenvalue weighted by Gasteiger charge is 2.38. The zero-order valence-electron chi connectivity index (χ0n) is 12.1. The summed E-state index contributed by atoms with van der Waals surface area (Å²) < 4.78 is 10.3. The van der Waals surface area contributed by atoms with Crippen molar-refractivity contribution in [3.63, 3.8) is 0 Å². The van der Waals surface area contributed by atoms with E-state index in [0.29, 0.717) is 6.54 Å². The number of hydrogen-bond acceptors (Lipinski definition) is 3. The summed E-state index contributed by atoms with van der Waals surface area (Å²) in [4.78, 5) is 14.1. The van der Waals surface area contributed by atoms with E-state index in [-0.39, 0.29) is 11.8 Å². The van der Waals surface area contributed by atoms with Gasteiger partial charge in [0.15, 0.2) is 0 Å². The van der Waals surface area contributed by atoms with Crippen LogP contribution in [0, 0.1) is 0 Å². The second kappa shape index (κ2) is 5.48. The Morgan fingerprint density at radius 3 is 1.90 bits per heavy atom. The molecule has 0 aliphatic carbocycles. The molecule has 0 saturated carbocycles. The molecular formula is C17H17NO3. The first kappa shape index (κ1) is 13.5. The number of nitrogens with zero attached hydrogens (tertiary/aromatic N) is 1. The lowest BCUT2D eigenvalue weighted by Gasteiger charge is -2.38. The molecule has 1 amide bonds. The van der Waals surface area contributed by atoms with Crippen molar-refractivity contribution in [1.29, 1.82) is 0 Å². The summed E-state index contributed by atoms with van der Waals surface area (Å²) in [6.45, 7) is 0.706. The molecule has 1 saturated heterocycles. The quantitative estimate of drug-likeness (QED) is 0.810. The van der Waals surface area contributed by atoms with Crippen LogP contribution >= 0.6 is 0 Å². The van der Waals surface area contributed by atoms with Crippen LogP contribution in [0.2, 0.25) is 0 Å². The summed E-state index contributed by atoms with van der Waals surface area (Å²) in [5.41, 5.74) is 1.94. The van der Waals surface area contributed by atoms with Crippen LogP contribution < -0.4 is 14.4 Å². The van der Waals surface area contributed by atoms with E-state index in [1.807, 2.05) is 48.5 Å². The molecule has 4 nitrogen and oxygen atoms in total. The number of hydrogen-bond donors (Lipinski definition) is 0. The maximum absolute atomic E-state index is 12.3. The molecule has 4 heteroatoms. The maximum Gasteiger partial charge on any atom is 0.236 e. The van der Waals surface area contributed by atoms with Crippen LogP contribution in [0.1, 0.15) is 11.5 Å². The van der Waals surface area contributed by atoms with Crippen molar-refractivity contribution in [3.05, 3.63) is 54.1 Å². The Hall–Kier alpha value is -2.49. The first-order valence-electron chi connectivity index (χ1n) is 6.82. The van der Waals surface area contributed by atoms with Gasteiger partial charge >= 0.3 is 0 Å². The highest BCUT2D eigenvalue weighted by molar-refractivity contribution is 6.04. The van der Waals surface area contributed by atoms with Crippen LogP contribution in [0.4, 0.5) is 5.69 Å². The third kappa shape index (κ3) is 2.44. The van der Waals surface area contributed by atoms with E-state index in [0.717, 1.165) is 22.7 Å². The Morgan fingerprint density at radius 2 is 1.43 bits per heavy atom. The van der Waals surface area contributed by atoms with Crippen molar-refractivity contribution < 1.29 is 14.3 Å². The van der Waals surface area contributed by atoms with E-state index < -0.39 is 0 Å². The average Bonchev–Trinajstić information content (AvgIpc) is 2.55. The second-order valence-corrected chi connectivity index (χ2v) is 4.97. The summed E-state index contributed by atoms with van der Waals surface area (Å²) in [6.07, 6.45) is 0. The minimum Gasteiger partial charge on any atom is -0.497 e. The molecule has 0 bridgehead atoms. The van der Waals surface area contributed by atoms with Gasteiger partial charge in [0, 0.05) is 12.2 Å². The van der Waals surface area contributed by atoms with Gasteiger partial charge < -0.3 is 14.4 Å². The van der Waals surface area contributed by atoms with Crippen LogP contribution in [0.5, 0.6) is 11.5 Å². The van der Waals surface area contributed by atoms with E-state index in [1.165, 1.54) is 0 Å². The summed E-state index contributed by atoms with van der Waals surface area (Å²) >= 11 is 0. The molecule has 21 heavy (non-hydrogen) atoms. The van der Waals surface area contributed by atoms with Crippen LogP contribution in [-0.4, -0.2) is 26.7 Å². The monoisotopic (exact) mass is 283 g/mol. The van der Waals surface area contributed by atoms with Gasteiger partial charge in [0.05, 0.1) is 20.1 Å². The molecule has 3 rings (SSSR count). The van der Waals surface area contributed by atoms with Gasteiger partial charge in [0.2, 0.25) is 5.91 Å². The van der Waals surface area contributed by atoms with Gasteiger partial charge in [-0.15, -0.1) is 0 Å². The van der Waals surface area contributed by atoms with Gasteiger partial charge in [-0.3, -0.25) is 4.79 Å². The minimum absolute atomic E-state index is 0.0574. The van der Waals surface area contributed by atoms with E-state index >= 15 is 0 Å². The molecule has 1 atom stereocenters. The van der Waals surface area contributed by atoms with Crippen molar-refractivity contribution in [2.24, 2.45) is 0 Å². The standard InChI is InChI=1S/C17H17NO3/c1-20-14-7-3-12(4-8-14)16-11-18(17(16)19)13-5-9-15(21-2)10-6-13/h3-10,16H,11H2,1-2H3/t16-/m1/s1. The Labute approximate surface area is 123 Å². The molecule has 0 N–H and O–H groups in total. The predicted octanol–water partition coefficient (Wildman–Crippen LogP) is 2.83. The lowest BCUT2D eigenvalue weighted by molar-refractivity contribution is -0.124. The molecule has 0 aromatic heterocycles. The number of methoxy groups -OCH3 is 2. The highest BCUT2D eigenvalue weighted by atomic mass is 16.5. The van der Waals surface area contributed by atoms with Gasteiger partial charge in [-0.1, -0.05) is 12.1 Å². The largest absolute Gasteiger partial charge is 0.497 e. The number of anilines is 1. The third-order valence-corrected chi connectivity index (χ3v) is 3.83. The number of benzene rings is 2. The first-order chi connectivity index (χ1) is 10.2. The predicted molar refractivity (Wildman–Crippen MR) is 81.1 cm³/mol. The Bertz CT molecular complexity index is 579. The van der Waals surface area contributed by atoms with Gasteiger partial charge in [-0.2, -0.15) is 0 Å². The molecule has 0 radical (unpaired) electrons. The van der Waals surface area contributed by atoms with Crippen LogP contribution in [0.15, 0.2) is 48.5 Å². The van der Waals surface area contributed by atoms with E-state index in [1.54, 1.807) is 19.1 Å². The van der Waals surface area contributed by atoms with Gasteiger partial charge in [-0.05, 0) is 42.0 Å². The summed E-state index contributed by atoms with van der Waals surface area (Å²) in [7, 11) is 3.26. The first-order valence-corrected chi connectivity index (χ1v) is 6.82. The van der Waals surface area contributed by atoms with Gasteiger partial charge in [-0.25, -0.2) is 0 Å². The molecule has 1 heterocycles. The normalized spacial score (nSPS) is 17.3. The molecule has 0 unspecified atom stereocenters. The zero-order valence-corrected chi connectivity index (χ0v) is 12.1. The fourth-order valence-electron chi connectivity index (χ4n) is 2.51. The van der Waals surface area contributed by atoms with Crippen LogP contribution in [0.25, 0.3) is 0 Å². The molecule has 1 aliphatic rings. The minimum atomic E-state index is -0.0574. The zero-order chi connectivity index (χ0) is 14.8. The maximum atomic E-state index is 12.3. The third-order valence-electron chi connectivity index (χ3n) is 3.83. The smallest absolute Gasteiger partial charge is 0.236 e. The van der Waals surface area contributed by atoms with E-state index in [2.05, 4.69) is 0 Å².